The largest absolute Gasteiger partial charge is 0.383 e. The van der Waals surface area contributed by atoms with Crippen LogP contribution in [0.15, 0.2) is 27.8 Å². The van der Waals surface area contributed by atoms with Crippen LogP contribution >= 0.6 is 0 Å². The van der Waals surface area contributed by atoms with Crippen molar-refractivity contribution in [2.45, 2.75) is 39.8 Å². The maximum absolute atomic E-state index is 13.4. The summed E-state index contributed by atoms with van der Waals surface area (Å²) in [6.07, 6.45) is 0.130. The number of aromatic amines is 1. The molecular formula is C21H25F2N5O4. The van der Waals surface area contributed by atoms with Crippen molar-refractivity contribution in [2.24, 2.45) is 5.92 Å². The Morgan fingerprint density at radius 1 is 1.22 bits per heavy atom. The Labute approximate surface area is 182 Å². The van der Waals surface area contributed by atoms with Gasteiger partial charge in [-0.3, -0.25) is 19.1 Å². The minimum absolute atomic E-state index is 0.0262. The molecule has 0 radical (unpaired) electrons. The number of carbonyl (C=O) groups is 1. The molecule has 0 saturated heterocycles. The summed E-state index contributed by atoms with van der Waals surface area (Å²) in [4.78, 5) is 44.1. The molecule has 0 spiro atoms. The van der Waals surface area contributed by atoms with Crippen LogP contribution in [0.5, 0.6) is 0 Å². The Hall–Kier alpha value is -3.34. The van der Waals surface area contributed by atoms with Crippen LogP contribution in [0.2, 0.25) is 0 Å². The zero-order valence-corrected chi connectivity index (χ0v) is 18.1. The molecule has 1 amide bonds. The van der Waals surface area contributed by atoms with Gasteiger partial charge in [0.2, 0.25) is 5.91 Å². The number of nitrogens with zero attached hydrogens (tertiary/aromatic N) is 3. The number of amides is 1. The van der Waals surface area contributed by atoms with Gasteiger partial charge in [-0.2, -0.15) is 0 Å². The summed E-state index contributed by atoms with van der Waals surface area (Å²) in [5.41, 5.74) is -0.497. The van der Waals surface area contributed by atoms with E-state index in [1.54, 1.807) is 4.57 Å². The Bertz CT molecular complexity index is 1250. The van der Waals surface area contributed by atoms with E-state index in [0.717, 1.165) is 12.1 Å². The predicted molar refractivity (Wildman–Crippen MR) is 115 cm³/mol. The van der Waals surface area contributed by atoms with Gasteiger partial charge in [0.15, 0.2) is 22.8 Å². The SMILES string of the molecule is COCCn1c(CCC(=O)Nc2ccc(F)c(F)c2)nc2c1c(=O)[nH]c(=O)n2CC(C)C. The second-order valence-electron chi connectivity index (χ2n) is 7.79. The van der Waals surface area contributed by atoms with Crippen molar-refractivity contribution in [3.8, 4) is 0 Å². The third-order valence-corrected chi connectivity index (χ3v) is 4.81. The summed E-state index contributed by atoms with van der Waals surface area (Å²) >= 11 is 0. The highest BCUT2D eigenvalue weighted by atomic mass is 19.2. The fourth-order valence-corrected chi connectivity index (χ4v) is 3.39. The number of aromatic nitrogens is 4. The molecule has 0 fully saturated rings. The summed E-state index contributed by atoms with van der Waals surface area (Å²) in [5, 5.41) is 2.50. The Kier molecular flexibility index (Phi) is 7.18. The number of nitrogens with one attached hydrogen (secondary N) is 2. The molecule has 3 rings (SSSR count). The van der Waals surface area contributed by atoms with E-state index in [1.807, 2.05) is 13.8 Å². The molecule has 3 aromatic rings. The van der Waals surface area contributed by atoms with Crippen molar-refractivity contribution in [2.75, 3.05) is 19.0 Å². The van der Waals surface area contributed by atoms with Gasteiger partial charge >= 0.3 is 5.69 Å². The van der Waals surface area contributed by atoms with Crippen molar-refractivity contribution in [1.82, 2.24) is 19.1 Å². The number of hydrogen-bond acceptors (Lipinski definition) is 5. The topological polar surface area (TPSA) is 111 Å². The number of imidazole rings is 1. The number of methoxy groups -OCH3 is 1. The van der Waals surface area contributed by atoms with Crippen molar-refractivity contribution in [1.29, 1.82) is 0 Å². The van der Waals surface area contributed by atoms with Gasteiger partial charge in [-0.05, 0) is 18.1 Å². The number of anilines is 1. The molecule has 1 aromatic carbocycles. The van der Waals surface area contributed by atoms with Crippen molar-refractivity contribution >= 4 is 22.8 Å². The molecular weight excluding hydrogens is 424 g/mol. The van der Waals surface area contributed by atoms with E-state index in [1.165, 1.54) is 17.7 Å². The molecule has 0 aliphatic heterocycles. The number of halogens is 2. The number of H-pyrrole nitrogens is 1. The van der Waals surface area contributed by atoms with Crippen LogP contribution in [0.1, 0.15) is 26.1 Å². The quantitative estimate of drug-likeness (QED) is 0.519. The molecule has 2 heterocycles. The average Bonchev–Trinajstić information content (AvgIpc) is 3.09. The number of hydrogen-bond donors (Lipinski definition) is 2. The maximum atomic E-state index is 13.4. The monoisotopic (exact) mass is 449 g/mol. The van der Waals surface area contributed by atoms with E-state index in [2.05, 4.69) is 15.3 Å². The maximum Gasteiger partial charge on any atom is 0.330 e. The molecule has 9 nitrogen and oxygen atoms in total. The van der Waals surface area contributed by atoms with E-state index >= 15 is 0 Å². The lowest BCUT2D eigenvalue weighted by Gasteiger charge is -2.10. The zero-order chi connectivity index (χ0) is 23.4. The zero-order valence-electron chi connectivity index (χ0n) is 18.1. The fourth-order valence-electron chi connectivity index (χ4n) is 3.39. The molecule has 2 N–H and O–H groups in total. The Morgan fingerprint density at radius 2 is 1.97 bits per heavy atom. The fraction of sp³-hybridized carbons (Fsp3) is 0.429. The summed E-state index contributed by atoms with van der Waals surface area (Å²) in [6.45, 7) is 4.84. The second-order valence-corrected chi connectivity index (χ2v) is 7.79. The number of carbonyl (C=O) groups excluding carboxylic acids is 1. The standard InChI is InChI=1S/C21H25F2N5O4/c1-12(2)11-28-19-18(20(30)26-21(28)31)27(8-9-32-3)16(25-19)6-7-17(29)24-13-4-5-14(22)15(23)10-13/h4-5,10,12H,6-9,11H2,1-3H3,(H,24,29)(H,26,30,31). The van der Waals surface area contributed by atoms with Crippen molar-refractivity contribution in [3.05, 3.63) is 56.5 Å². The molecule has 0 aliphatic carbocycles. The first kappa shape index (κ1) is 23.3. The van der Waals surface area contributed by atoms with Crippen LogP contribution in [0.3, 0.4) is 0 Å². The molecule has 32 heavy (non-hydrogen) atoms. The molecule has 172 valence electrons. The molecule has 2 aromatic heterocycles. The van der Waals surface area contributed by atoms with E-state index in [0.29, 0.717) is 25.5 Å². The highest BCUT2D eigenvalue weighted by molar-refractivity contribution is 5.90. The Balaban J connectivity index is 1.91. The van der Waals surface area contributed by atoms with Crippen molar-refractivity contribution in [3.63, 3.8) is 0 Å². The smallest absolute Gasteiger partial charge is 0.330 e. The first-order valence-corrected chi connectivity index (χ1v) is 10.2. The van der Waals surface area contributed by atoms with E-state index in [-0.39, 0.29) is 35.6 Å². The lowest BCUT2D eigenvalue weighted by atomic mass is 10.2. The number of ether oxygens (including phenoxy) is 1. The van der Waals surface area contributed by atoms with Gasteiger partial charge in [0.25, 0.3) is 5.56 Å². The minimum atomic E-state index is -1.06. The van der Waals surface area contributed by atoms with Crippen molar-refractivity contribution < 1.29 is 18.3 Å². The number of benzene rings is 1. The highest BCUT2D eigenvalue weighted by Gasteiger charge is 2.19. The van der Waals surface area contributed by atoms with Crippen LogP contribution in [0.4, 0.5) is 14.5 Å². The molecule has 0 unspecified atom stereocenters. The molecule has 0 aliphatic rings. The number of fused-ring (bicyclic) bond motifs is 1. The summed E-state index contributed by atoms with van der Waals surface area (Å²) < 4.78 is 34.6. The first-order chi connectivity index (χ1) is 15.2. The molecule has 0 atom stereocenters. The van der Waals surface area contributed by atoms with Crippen LogP contribution in [-0.2, 0) is 29.0 Å². The van der Waals surface area contributed by atoms with Gasteiger partial charge in [-0.25, -0.2) is 18.6 Å². The highest BCUT2D eigenvalue weighted by Crippen LogP contribution is 2.16. The lowest BCUT2D eigenvalue weighted by molar-refractivity contribution is -0.116. The molecule has 0 bridgehead atoms. The Morgan fingerprint density at radius 3 is 2.62 bits per heavy atom. The number of rotatable bonds is 9. The molecule has 11 heteroatoms. The van der Waals surface area contributed by atoms with Gasteiger partial charge in [0, 0.05) is 44.8 Å². The third-order valence-electron chi connectivity index (χ3n) is 4.81. The normalized spacial score (nSPS) is 11.4. The average molecular weight is 449 g/mol. The predicted octanol–water partition coefficient (Wildman–Crippen LogP) is 2.04. The molecule has 0 saturated carbocycles. The third kappa shape index (κ3) is 5.10. The van der Waals surface area contributed by atoms with Crippen LogP contribution in [-0.4, -0.2) is 38.7 Å². The van der Waals surface area contributed by atoms with Crippen LogP contribution in [0, 0.1) is 17.6 Å². The minimum Gasteiger partial charge on any atom is -0.383 e. The van der Waals surface area contributed by atoms with Gasteiger partial charge in [-0.15, -0.1) is 0 Å². The van der Waals surface area contributed by atoms with E-state index in [4.69, 9.17) is 4.74 Å². The van der Waals surface area contributed by atoms with Gasteiger partial charge in [-0.1, -0.05) is 13.8 Å². The van der Waals surface area contributed by atoms with Crippen LogP contribution in [0.25, 0.3) is 11.2 Å². The first-order valence-electron chi connectivity index (χ1n) is 10.2. The summed E-state index contributed by atoms with van der Waals surface area (Å²) in [5.74, 6) is -1.93. The van der Waals surface area contributed by atoms with Gasteiger partial charge in [0.1, 0.15) is 5.82 Å². The number of aryl methyl sites for hydroxylation is 1. The second kappa shape index (κ2) is 9.86. The lowest BCUT2D eigenvalue weighted by Crippen LogP contribution is -2.32. The van der Waals surface area contributed by atoms with Gasteiger partial charge < -0.3 is 14.6 Å². The van der Waals surface area contributed by atoms with Gasteiger partial charge in [0.05, 0.1) is 6.61 Å². The van der Waals surface area contributed by atoms with E-state index < -0.39 is 28.8 Å². The van der Waals surface area contributed by atoms with E-state index in [9.17, 15) is 23.2 Å². The summed E-state index contributed by atoms with van der Waals surface area (Å²) in [6, 6.07) is 3.08. The summed E-state index contributed by atoms with van der Waals surface area (Å²) in [7, 11) is 1.52. The van der Waals surface area contributed by atoms with Crippen LogP contribution < -0.4 is 16.6 Å².